The topological polar surface area (TPSA) is 41.1 Å². The smallest absolute Gasteiger partial charge is 0.0953 e. The molecule has 8 bridgehead atoms. The summed E-state index contributed by atoms with van der Waals surface area (Å²) in [4.78, 5) is 17.0. The molecule has 24 heavy (non-hydrogen) atoms. The molecule has 0 spiro atoms. The molecule has 0 radical (unpaired) electrons. The molecule has 0 aromatic carbocycles. The molecule has 0 atom stereocenters. The van der Waals surface area contributed by atoms with E-state index in [2.05, 4.69) is 91.1 Å². The van der Waals surface area contributed by atoms with Crippen molar-refractivity contribution in [1.29, 1.82) is 0 Å². The molecule has 4 aliphatic heterocycles. The monoisotopic (exact) mass is 318 g/mol. The summed E-state index contributed by atoms with van der Waals surface area (Å²) in [5.41, 5.74) is 1.94. The normalized spacial score (nSPS) is 26.2. The molecule has 0 saturated carbocycles. The molecular formula is C18H18N6. The number of nitrogens with one attached hydrogen (secondary N) is 1. The largest absolute Gasteiger partial charge is 0.354 e. The zero-order valence-corrected chi connectivity index (χ0v) is 13.2. The predicted octanol–water partition coefficient (Wildman–Crippen LogP) is 0.449. The van der Waals surface area contributed by atoms with Crippen LogP contribution in [0.3, 0.4) is 0 Å². The highest BCUT2D eigenvalue weighted by Gasteiger charge is 2.17. The van der Waals surface area contributed by atoms with Crippen LogP contribution in [-0.2, 0) is 0 Å². The number of hydrogen-bond donors (Lipinski definition) is 1. The molecule has 0 fully saturated rings. The summed E-state index contributed by atoms with van der Waals surface area (Å²) in [6.07, 6.45) is 18.8. The number of H-pyrrole nitrogens is 1. The summed E-state index contributed by atoms with van der Waals surface area (Å²) in [6, 6.07) is 4.18. The number of aromatic amines is 1. The zero-order chi connectivity index (χ0) is 15.9. The van der Waals surface area contributed by atoms with Gasteiger partial charge in [0, 0.05) is 42.5 Å². The molecule has 1 aromatic heterocycles. The molecule has 0 amide bonds. The van der Waals surface area contributed by atoms with E-state index in [1.165, 1.54) is 0 Å². The van der Waals surface area contributed by atoms with Crippen LogP contribution in [0.1, 0.15) is 0 Å². The van der Waals surface area contributed by atoms with Gasteiger partial charge >= 0.3 is 0 Å². The van der Waals surface area contributed by atoms with Gasteiger partial charge in [-0.3, -0.25) is 0 Å². The van der Waals surface area contributed by atoms with Crippen LogP contribution in [-0.4, -0.2) is 50.3 Å². The van der Waals surface area contributed by atoms with Gasteiger partial charge in [0.1, 0.15) is 0 Å². The molecule has 0 aliphatic carbocycles. The SMILES string of the molecule is C1=C/C2=C/N3C=CN(C3)CN3C=CN(/C=c4/cc/c([nH]4)=C/C1=N2)C3. The third kappa shape index (κ3) is 2.52. The third-order valence-corrected chi connectivity index (χ3v) is 4.31. The fraction of sp³-hybridized carbons (Fsp3) is 0.167. The molecule has 1 aromatic rings. The van der Waals surface area contributed by atoms with Gasteiger partial charge in [-0.15, -0.1) is 0 Å². The second-order valence-corrected chi connectivity index (χ2v) is 6.29. The second-order valence-electron chi connectivity index (χ2n) is 6.29. The first-order valence-corrected chi connectivity index (χ1v) is 8.04. The Balaban J connectivity index is 1.56. The highest BCUT2D eigenvalue weighted by molar-refractivity contribution is 6.19. The van der Waals surface area contributed by atoms with Crippen LogP contribution in [0.2, 0.25) is 0 Å². The van der Waals surface area contributed by atoms with Crippen LogP contribution < -0.4 is 10.7 Å². The highest BCUT2D eigenvalue weighted by atomic mass is 15.4. The fourth-order valence-electron chi connectivity index (χ4n) is 3.20. The van der Waals surface area contributed by atoms with E-state index in [1.54, 1.807) is 0 Å². The Morgan fingerprint density at radius 1 is 0.792 bits per heavy atom. The minimum atomic E-state index is 0.845. The maximum Gasteiger partial charge on any atom is 0.0953 e. The first-order chi connectivity index (χ1) is 11.8. The van der Waals surface area contributed by atoms with Gasteiger partial charge in [0.25, 0.3) is 0 Å². The van der Waals surface area contributed by atoms with Crippen molar-refractivity contribution >= 4 is 18.0 Å². The maximum atomic E-state index is 4.66. The van der Waals surface area contributed by atoms with Crippen LogP contribution in [0.5, 0.6) is 0 Å². The van der Waals surface area contributed by atoms with Crippen molar-refractivity contribution in [1.82, 2.24) is 24.6 Å². The van der Waals surface area contributed by atoms with Crippen molar-refractivity contribution in [2.45, 2.75) is 0 Å². The molecular weight excluding hydrogens is 300 g/mol. The Kier molecular flexibility index (Phi) is 2.88. The number of allylic oxidation sites excluding steroid dienone is 2. The standard InChI is InChI=1S/C18H18N6/c1-3-17-10-21-5-7-23(12-21)14-24-8-6-22(13-24)11-18-4-2-16(20-18)9-15(1)19-17/h1-11,19H,12-14H2/b15-9-,17-10-,18-11-. The van der Waals surface area contributed by atoms with E-state index >= 15 is 0 Å². The van der Waals surface area contributed by atoms with Crippen LogP contribution in [0.15, 0.2) is 66.0 Å². The van der Waals surface area contributed by atoms with E-state index in [0.717, 1.165) is 42.1 Å². The molecule has 4 aliphatic rings. The van der Waals surface area contributed by atoms with Gasteiger partial charge in [-0.25, -0.2) is 4.99 Å². The van der Waals surface area contributed by atoms with E-state index in [4.69, 9.17) is 0 Å². The average Bonchev–Trinajstić information content (AvgIpc) is 3.32. The van der Waals surface area contributed by atoms with E-state index in [1.807, 2.05) is 6.08 Å². The Morgan fingerprint density at radius 2 is 1.54 bits per heavy atom. The minimum Gasteiger partial charge on any atom is -0.354 e. The Bertz CT molecular complexity index is 929. The predicted molar refractivity (Wildman–Crippen MR) is 93.9 cm³/mol. The summed E-state index contributed by atoms with van der Waals surface area (Å²) in [5, 5.41) is 2.15. The quantitative estimate of drug-likeness (QED) is 0.754. The van der Waals surface area contributed by atoms with Crippen LogP contribution >= 0.6 is 0 Å². The molecule has 0 unspecified atom stereocenters. The summed E-state index contributed by atoms with van der Waals surface area (Å²) >= 11 is 0. The summed E-state index contributed by atoms with van der Waals surface area (Å²) in [6.45, 7) is 2.57. The van der Waals surface area contributed by atoms with Crippen molar-refractivity contribution in [3.63, 3.8) is 0 Å². The Hall–Kier alpha value is -3.15. The van der Waals surface area contributed by atoms with Crippen molar-refractivity contribution in [2.24, 2.45) is 4.99 Å². The molecule has 6 heteroatoms. The lowest BCUT2D eigenvalue weighted by Crippen LogP contribution is -2.34. The Labute approximate surface area is 140 Å². The average molecular weight is 318 g/mol. The minimum absolute atomic E-state index is 0.845. The number of hydrogen-bond acceptors (Lipinski definition) is 5. The molecule has 5 heterocycles. The van der Waals surface area contributed by atoms with Crippen molar-refractivity contribution < 1.29 is 0 Å². The first kappa shape index (κ1) is 13.3. The second kappa shape index (κ2) is 5.19. The van der Waals surface area contributed by atoms with E-state index in [-0.39, 0.29) is 0 Å². The van der Waals surface area contributed by atoms with Crippen molar-refractivity contribution in [3.05, 3.63) is 71.7 Å². The number of fused-ring (bicyclic) bond motifs is 7. The Morgan fingerprint density at radius 3 is 2.38 bits per heavy atom. The van der Waals surface area contributed by atoms with E-state index in [9.17, 15) is 0 Å². The number of aliphatic imine (C=N–C) groups is 1. The van der Waals surface area contributed by atoms with Crippen LogP contribution in [0.4, 0.5) is 0 Å². The first-order valence-electron chi connectivity index (χ1n) is 8.04. The van der Waals surface area contributed by atoms with Gasteiger partial charge in [0.05, 0.1) is 36.8 Å². The summed E-state index contributed by atoms with van der Waals surface area (Å²) in [5.74, 6) is 0. The van der Waals surface area contributed by atoms with Gasteiger partial charge in [-0.1, -0.05) is 0 Å². The lowest BCUT2D eigenvalue weighted by molar-refractivity contribution is 0.193. The van der Waals surface area contributed by atoms with Gasteiger partial charge in [0.15, 0.2) is 0 Å². The van der Waals surface area contributed by atoms with E-state index in [0.29, 0.717) is 0 Å². The van der Waals surface area contributed by atoms with Crippen LogP contribution in [0.25, 0.3) is 12.3 Å². The molecule has 0 saturated heterocycles. The van der Waals surface area contributed by atoms with Crippen LogP contribution in [0, 0.1) is 0 Å². The van der Waals surface area contributed by atoms with Gasteiger partial charge < -0.3 is 24.6 Å². The zero-order valence-electron chi connectivity index (χ0n) is 13.2. The molecule has 1 N–H and O–H groups in total. The summed E-state index contributed by atoms with van der Waals surface area (Å²) in [7, 11) is 0. The van der Waals surface area contributed by atoms with E-state index < -0.39 is 0 Å². The molecule has 6 nitrogen and oxygen atoms in total. The fourth-order valence-corrected chi connectivity index (χ4v) is 3.20. The van der Waals surface area contributed by atoms with Gasteiger partial charge in [0.2, 0.25) is 0 Å². The lowest BCUT2D eigenvalue weighted by Gasteiger charge is -2.25. The lowest BCUT2D eigenvalue weighted by atomic mass is 10.3. The van der Waals surface area contributed by atoms with Crippen molar-refractivity contribution in [2.75, 3.05) is 20.0 Å². The maximum absolute atomic E-state index is 4.66. The van der Waals surface area contributed by atoms with Gasteiger partial charge in [-0.2, -0.15) is 0 Å². The number of rotatable bonds is 0. The third-order valence-electron chi connectivity index (χ3n) is 4.31. The molecule has 5 rings (SSSR count). The number of aromatic nitrogens is 1. The van der Waals surface area contributed by atoms with Crippen molar-refractivity contribution in [3.8, 4) is 0 Å². The number of nitrogens with zero attached hydrogens (tertiary/aromatic N) is 5. The highest BCUT2D eigenvalue weighted by Crippen LogP contribution is 2.16. The molecule has 120 valence electrons. The summed E-state index contributed by atoms with van der Waals surface area (Å²) < 4.78 is 0. The van der Waals surface area contributed by atoms with Gasteiger partial charge in [-0.05, 0) is 30.4 Å².